The number of aryl methyl sites for hydroxylation is 2. The highest BCUT2D eigenvalue weighted by Gasteiger charge is 2.25. The summed E-state index contributed by atoms with van der Waals surface area (Å²) in [5, 5.41) is 0. The Morgan fingerprint density at radius 3 is 1.50 bits per heavy atom. The molecule has 0 bridgehead atoms. The van der Waals surface area contributed by atoms with E-state index in [1.54, 1.807) is 0 Å². The van der Waals surface area contributed by atoms with Gasteiger partial charge in [-0.05, 0) is 55.9 Å². The van der Waals surface area contributed by atoms with Crippen molar-refractivity contribution in [3.63, 3.8) is 0 Å². The Kier molecular flexibility index (Phi) is 4.80. The van der Waals surface area contributed by atoms with Gasteiger partial charge in [0.05, 0.1) is 0 Å². The molecule has 1 fully saturated rings. The van der Waals surface area contributed by atoms with Gasteiger partial charge in [-0.25, -0.2) is 0 Å². The van der Waals surface area contributed by atoms with Gasteiger partial charge in [0.1, 0.15) is 0 Å². The molecular weight excluding hydrogens is 292 g/mol. The Morgan fingerprint density at radius 2 is 1.12 bits per heavy atom. The highest BCUT2D eigenvalue weighted by molar-refractivity contribution is 6.14. The van der Waals surface area contributed by atoms with Crippen LogP contribution in [0.3, 0.4) is 0 Å². The molecule has 0 aromatic heterocycles. The summed E-state index contributed by atoms with van der Waals surface area (Å²) in [6, 6.07) is 16.7. The second-order valence-corrected chi connectivity index (χ2v) is 7.00. The molecule has 1 heteroatoms. The maximum absolute atomic E-state index is 12.9. The van der Waals surface area contributed by atoms with Gasteiger partial charge in [0.15, 0.2) is 5.78 Å². The smallest absolute Gasteiger partial charge is 0.185 e. The summed E-state index contributed by atoms with van der Waals surface area (Å²) in [7, 11) is 0. The van der Waals surface area contributed by atoms with Gasteiger partial charge in [0, 0.05) is 11.1 Å². The molecule has 2 aromatic carbocycles. The fourth-order valence-electron chi connectivity index (χ4n) is 3.19. The van der Waals surface area contributed by atoms with Crippen molar-refractivity contribution in [2.24, 2.45) is 5.92 Å². The maximum atomic E-state index is 12.9. The first kappa shape index (κ1) is 16.4. The summed E-state index contributed by atoms with van der Waals surface area (Å²) in [6.07, 6.45) is 5.83. The van der Waals surface area contributed by atoms with Gasteiger partial charge < -0.3 is 0 Å². The van der Waals surface area contributed by atoms with Crippen molar-refractivity contribution >= 4 is 17.9 Å². The zero-order valence-electron chi connectivity index (χ0n) is 14.7. The van der Waals surface area contributed by atoms with Gasteiger partial charge in [0.25, 0.3) is 0 Å². The summed E-state index contributed by atoms with van der Waals surface area (Å²) in [6.45, 7) is 6.37. The van der Waals surface area contributed by atoms with Crippen molar-refractivity contribution in [1.82, 2.24) is 0 Å². The van der Waals surface area contributed by atoms with Crippen molar-refractivity contribution in [2.45, 2.75) is 33.6 Å². The van der Waals surface area contributed by atoms with Crippen LogP contribution in [0, 0.1) is 19.8 Å². The standard InChI is InChI=1S/C23H24O/c1-16-4-8-19(9-5-16)14-21-12-18(3)13-22(23(21)24)15-20-10-6-17(2)7-11-20/h4-11,14-15,18H,12-13H2,1-3H3. The highest BCUT2D eigenvalue weighted by Crippen LogP contribution is 2.32. The molecule has 1 saturated carbocycles. The van der Waals surface area contributed by atoms with Gasteiger partial charge in [-0.3, -0.25) is 4.79 Å². The summed E-state index contributed by atoms with van der Waals surface area (Å²) >= 11 is 0. The number of ketones is 1. The highest BCUT2D eigenvalue weighted by atomic mass is 16.1. The summed E-state index contributed by atoms with van der Waals surface area (Å²) < 4.78 is 0. The molecule has 0 aliphatic heterocycles. The van der Waals surface area contributed by atoms with E-state index in [9.17, 15) is 4.79 Å². The average Bonchev–Trinajstić information content (AvgIpc) is 2.56. The van der Waals surface area contributed by atoms with Gasteiger partial charge in [-0.1, -0.05) is 66.6 Å². The van der Waals surface area contributed by atoms with Crippen LogP contribution < -0.4 is 0 Å². The number of hydrogen-bond donors (Lipinski definition) is 0. The van der Waals surface area contributed by atoms with Crippen LogP contribution in [0.5, 0.6) is 0 Å². The Bertz CT molecular complexity index is 721. The fraction of sp³-hybridized carbons (Fsp3) is 0.261. The molecular formula is C23H24O. The lowest BCUT2D eigenvalue weighted by molar-refractivity contribution is -0.113. The monoisotopic (exact) mass is 316 g/mol. The number of Topliss-reactive ketones (excluding diaryl/α,β-unsaturated/α-hetero) is 1. The third kappa shape index (κ3) is 3.91. The summed E-state index contributed by atoms with van der Waals surface area (Å²) in [5.41, 5.74) is 6.54. The van der Waals surface area contributed by atoms with E-state index in [1.165, 1.54) is 11.1 Å². The molecule has 1 aliphatic carbocycles. The molecule has 24 heavy (non-hydrogen) atoms. The Balaban J connectivity index is 1.90. The maximum Gasteiger partial charge on any atom is 0.185 e. The second kappa shape index (κ2) is 7.00. The van der Waals surface area contributed by atoms with E-state index >= 15 is 0 Å². The van der Waals surface area contributed by atoms with Crippen molar-refractivity contribution in [3.8, 4) is 0 Å². The normalized spacial score (nSPS) is 21.5. The first-order valence-corrected chi connectivity index (χ1v) is 8.60. The van der Waals surface area contributed by atoms with Crippen LogP contribution >= 0.6 is 0 Å². The Hall–Kier alpha value is -2.41. The third-order valence-electron chi connectivity index (χ3n) is 4.56. The molecule has 122 valence electrons. The van der Waals surface area contributed by atoms with Crippen LogP contribution in [0.2, 0.25) is 0 Å². The van der Waals surface area contributed by atoms with Crippen molar-refractivity contribution in [3.05, 3.63) is 81.9 Å². The fourth-order valence-corrected chi connectivity index (χ4v) is 3.19. The molecule has 3 rings (SSSR count). The number of carbonyl (C=O) groups excluding carboxylic acids is 1. The molecule has 0 amide bonds. The van der Waals surface area contributed by atoms with Crippen LogP contribution in [0.4, 0.5) is 0 Å². The zero-order chi connectivity index (χ0) is 17.1. The predicted octanol–water partition coefficient (Wildman–Crippen LogP) is 5.77. The van der Waals surface area contributed by atoms with Crippen molar-refractivity contribution in [2.75, 3.05) is 0 Å². The van der Waals surface area contributed by atoms with Gasteiger partial charge >= 0.3 is 0 Å². The van der Waals surface area contributed by atoms with E-state index in [-0.39, 0.29) is 5.78 Å². The Morgan fingerprint density at radius 1 is 0.750 bits per heavy atom. The molecule has 1 nitrogen and oxygen atoms in total. The average molecular weight is 316 g/mol. The van der Waals surface area contributed by atoms with Crippen LogP contribution in [-0.4, -0.2) is 5.78 Å². The minimum Gasteiger partial charge on any atom is -0.289 e. The lowest BCUT2D eigenvalue weighted by Gasteiger charge is -2.22. The first-order chi connectivity index (χ1) is 11.5. The minimum atomic E-state index is 0.203. The van der Waals surface area contributed by atoms with Gasteiger partial charge in [-0.2, -0.15) is 0 Å². The SMILES string of the molecule is Cc1ccc(C=C2CC(C)CC(=Cc3ccc(C)cc3)C2=O)cc1. The molecule has 1 aliphatic rings. The van der Waals surface area contributed by atoms with E-state index in [1.807, 2.05) is 0 Å². The number of hydrogen-bond acceptors (Lipinski definition) is 1. The minimum absolute atomic E-state index is 0.203. The molecule has 0 spiro atoms. The quantitative estimate of drug-likeness (QED) is 0.643. The van der Waals surface area contributed by atoms with E-state index in [4.69, 9.17) is 0 Å². The third-order valence-corrected chi connectivity index (χ3v) is 4.56. The number of allylic oxidation sites excluding steroid dienone is 2. The number of rotatable bonds is 2. The van der Waals surface area contributed by atoms with E-state index in [0.29, 0.717) is 5.92 Å². The molecule has 0 unspecified atom stereocenters. The lowest BCUT2D eigenvalue weighted by Crippen LogP contribution is -2.18. The van der Waals surface area contributed by atoms with Crippen LogP contribution in [0.25, 0.3) is 12.2 Å². The molecule has 0 heterocycles. The van der Waals surface area contributed by atoms with Crippen LogP contribution in [0.15, 0.2) is 59.7 Å². The topological polar surface area (TPSA) is 17.1 Å². The zero-order valence-corrected chi connectivity index (χ0v) is 14.7. The van der Waals surface area contributed by atoms with Crippen molar-refractivity contribution in [1.29, 1.82) is 0 Å². The van der Waals surface area contributed by atoms with Crippen LogP contribution in [-0.2, 0) is 4.79 Å². The Labute approximate surface area is 144 Å². The van der Waals surface area contributed by atoms with Crippen LogP contribution in [0.1, 0.15) is 42.0 Å². The van der Waals surface area contributed by atoms with E-state index in [0.717, 1.165) is 35.1 Å². The first-order valence-electron chi connectivity index (χ1n) is 8.60. The van der Waals surface area contributed by atoms with Gasteiger partial charge in [-0.15, -0.1) is 0 Å². The number of benzene rings is 2. The van der Waals surface area contributed by atoms with Crippen molar-refractivity contribution < 1.29 is 4.79 Å². The van der Waals surface area contributed by atoms with E-state index < -0.39 is 0 Å². The molecule has 2 aromatic rings. The predicted molar refractivity (Wildman–Crippen MR) is 102 cm³/mol. The largest absolute Gasteiger partial charge is 0.289 e. The number of carbonyl (C=O) groups is 1. The molecule has 0 atom stereocenters. The molecule has 0 radical (unpaired) electrons. The molecule has 0 N–H and O–H groups in total. The lowest BCUT2D eigenvalue weighted by atomic mass is 9.81. The summed E-state index contributed by atoms with van der Waals surface area (Å²) in [4.78, 5) is 12.9. The van der Waals surface area contributed by atoms with Gasteiger partial charge in [0.2, 0.25) is 0 Å². The second-order valence-electron chi connectivity index (χ2n) is 7.00. The molecule has 0 saturated heterocycles. The van der Waals surface area contributed by atoms with E-state index in [2.05, 4.69) is 81.5 Å². The summed E-state index contributed by atoms with van der Waals surface area (Å²) in [5.74, 6) is 0.699.